The van der Waals surface area contributed by atoms with E-state index in [-0.39, 0.29) is 5.91 Å². The summed E-state index contributed by atoms with van der Waals surface area (Å²) in [5, 5.41) is 4.22. The van der Waals surface area contributed by atoms with E-state index in [1.54, 1.807) is 13.3 Å². The zero-order chi connectivity index (χ0) is 16.8. The number of benzene rings is 1. The Balaban J connectivity index is 1.44. The lowest BCUT2D eigenvalue weighted by atomic mass is 10.1. The molecule has 24 heavy (non-hydrogen) atoms. The average molecular weight is 328 g/mol. The van der Waals surface area contributed by atoms with Crippen molar-refractivity contribution >= 4 is 5.91 Å². The normalized spacial score (nSPS) is 15.5. The van der Waals surface area contributed by atoms with Crippen LogP contribution in [0.5, 0.6) is 5.75 Å². The Bertz CT molecular complexity index is 649. The maximum absolute atomic E-state index is 12.5. The van der Waals surface area contributed by atoms with Crippen molar-refractivity contribution in [1.29, 1.82) is 0 Å². The molecule has 1 aliphatic rings. The molecule has 6 nitrogen and oxygen atoms in total. The molecule has 1 aromatic heterocycles. The molecule has 0 unspecified atom stereocenters. The summed E-state index contributed by atoms with van der Waals surface area (Å²) in [7, 11) is 1.64. The van der Waals surface area contributed by atoms with Crippen molar-refractivity contribution in [3.63, 3.8) is 0 Å². The highest BCUT2D eigenvalue weighted by molar-refractivity contribution is 5.79. The number of ether oxygens (including phenoxy) is 1. The summed E-state index contributed by atoms with van der Waals surface area (Å²) >= 11 is 0. The minimum atomic E-state index is 0.190. The lowest BCUT2D eigenvalue weighted by molar-refractivity contribution is -0.132. The quantitative estimate of drug-likeness (QED) is 0.801. The largest absolute Gasteiger partial charge is 0.497 e. The molecule has 0 N–H and O–H groups in total. The van der Waals surface area contributed by atoms with Crippen LogP contribution in [0.4, 0.5) is 0 Å². The second kappa shape index (κ2) is 7.97. The van der Waals surface area contributed by atoms with Gasteiger partial charge in [-0.05, 0) is 23.8 Å². The van der Waals surface area contributed by atoms with Crippen molar-refractivity contribution in [3.05, 3.63) is 48.3 Å². The first-order valence-corrected chi connectivity index (χ1v) is 8.35. The van der Waals surface area contributed by atoms with Gasteiger partial charge in [-0.1, -0.05) is 12.1 Å². The van der Waals surface area contributed by atoms with Gasteiger partial charge in [0.2, 0.25) is 5.91 Å². The highest BCUT2D eigenvalue weighted by Crippen LogP contribution is 2.14. The molecule has 2 heterocycles. The molecule has 2 aromatic rings. The van der Waals surface area contributed by atoms with Crippen LogP contribution in [0.3, 0.4) is 0 Å². The minimum absolute atomic E-state index is 0.190. The summed E-state index contributed by atoms with van der Waals surface area (Å²) in [5.74, 6) is 0.985. The number of piperazine rings is 1. The SMILES string of the molecule is COc1cccc(CC(=O)N2CCN(CCn3cccn3)CC2)c1. The van der Waals surface area contributed by atoms with Gasteiger partial charge in [0.1, 0.15) is 5.75 Å². The smallest absolute Gasteiger partial charge is 0.227 e. The second-order valence-electron chi connectivity index (χ2n) is 6.02. The topological polar surface area (TPSA) is 50.6 Å². The van der Waals surface area contributed by atoms with Crippen molar-refractivity contribution in [3.8, 4) is 5.75 Å². The van der Waals surface area contributed by atoms with Gasteiger partial charge in [-0.3, -0.25) is 14.4 Å². The van der Waals surface area contributed by atoms with Crippen LogP contribution >= 0.6 is 0 Å². The molecule has 1 aromatic carbocycles. The molecule has 128 valence electrons. The average Bonchev–Trinajstić information content (AvgIpc) is 3.14. The van der Waals surface area contributed by atoms with E-state index < -0.39 is 0 Å². The molecular formula is C18H24N4O2. The highest BCUT2D eigenvalue weighted by atomic mass is 16.5. The number of nitrogens with zero attached hydrogens (tertiary/aromatic N) is 4. The first-order valence-electron chi connectivity index (χ1n) is 8.35. The van der Waals surface area contributed by atoms with Gasteiger partial charge in [-0.2, -0.15) is 5.10 Å². The molecule has 1 amide bonds. The lowest BCUT2D eigenvalue weighted by Crippen LogP contribution is -2.49. The van der Waals surface area contributed by atoms with E-state index in [1.807, 2.05) is 46.1 Å². The fraction of sp³-hybridized carbons (Fsp3) is 0.444. The van der Waals surface area contributed by atoms with Crippen molar-refractivity contribution in [1.82, 2.24) is 19.6 Å². The van der Waals surface area contributed by atoms with E-state index in [9.17, 15) is 4.79 Å². The molecule has 3 rings (SSSR count). The molecule has 0 radical (unpaired) electrons. The number of amides is 1. The highest BCUT2D eigenvalue weighted by Gasteiger charge is 2.21. The molecule has 1 fully saturated rings. The zero-order valence-corrected chi connectivity index (χ0v) is 14.1. The van der Waals surface area contributed by atoms with Crippen molar-refractivity contribution in [2.75, 3.05) is 39.8 Å². The number of carbonyl (C=O) groups is 1. The van der Waals surface area contributed by atoms with E-state index in [1.165, 1.54) is 0 Å². The lowest BCUT2D eigenvalue weighted by Gasteiger charge is -2.34. The first-order chi connectivity index (χ1) is 11.7. The summed E-state index contributed by atoms with van der Waals surface area (Å²) in [6.07, 6.45) is 4.22. The molecule has 0 saturated carbocycles. The third-order valence-electron chi connectivity index (χ3n) is 4.42. The summed E-state index contributed by atoms with van der Waals surface area (Å²) < 4.78 is 7.16. The number of aromatic nitrogens is 2. The van der Waals surface area contributed by atoms with Gasteiger partial charge in [-0.25, -0.2) is 0 Å². The van der Waals surface area contributed by atoms with Gasteiger partial charge in [-0.15, -0.1) is 0 Å². The number of methoxy groups -OCH3 is 1. The van der Waals surface area contributed by atoms with Crippen LogP contribution in [0.2, 0.25) is 0 Å². The van der Waals surface area contributed by atoms with Gasteiger partial charge in [0, 0.05) is 45.1 Å². The Labute approximate surface area is 142 Å². The zero-order valence-electron chi connectivity index (χ0n) is 14.1. The van der Waals surface area contributed by atoms with Crippen molar-refractivity contribution < 1.29 is 9.53 Å². The van der Waals surface area contributed by atoms with Gasteiger partial charge in [0.05, 0.1) is 20.1 Å². The molecule has 1 aliphatic heterocycles. The first kappa shape index (κ1) is 16.5. The third-order valence-corrected chi connectivity index (χ3v) is 4.42. The molecule has 0 bridgehead atoms. The Morgan fingerprint density at radius 3 is 2.71 bits per heavy atom. The van der Waals surface area contributed by atoms with Crippen LogP contribution in [0.1, 0.15) is 5.56 Å². The van der Waals surface area contributed by atoms with E-state index in [0.717, 1.165) is 50.6 Å². The standard InChI is InChI=1S/C18H24N4O2/c1-24-17-5-2-4-16(14-17)15-18(23)21-11-8-20(9-12-21)10-13-22-7-3-6-19-22/h2-7,14H,8-13,15H2,1H3. The van der Waals surface area contributed by atoms with Crippen LogP contribution in [-0.4, -0.2) is 65.3 Å². The molecule has 0 spiro atoms. The predicted molar refractivity (Wildman–Crippen MR) is 91.9 cm³/mol. The summed E-state index contributed by atoms with van der Waals surface area (Å²) in [6, 6.07) is 9.66. The van der Waals surface area contributed by atoms with Crippen molar-refractivity contribution in [2.24, 2.45) is 0 Å². The monoisotopic (exact) mass is 328 g/mol. The van der Waals surface area contributed by atoms with Crippen molar-refractivity contribution in [2.45, 2.75) is 13.0 Å². The van der Waals surface area contributed by atoms with E-state index in [4.69, 9.17) is 4.74 Å². The Morgan fingerprint density at radius 1 is 1.17 bits per heavy atom. The summed E-state index contributed by atoms with van der Waals surface area (Å²) in [6.45, 7) is 5.30. The molecule has 0 aliphatic carbocycles. The van der Waals surface area contributed by atoms with E-state index in [2.05, 4.69) is 10.00 Å². The third kappa shape index (κ3) is 4.35. The molecule has 0 atom stereocenters. The van der Waals surface area contributed by atoms with Gasteiger partial charge in [0.15, 0.2) is 0 Å². The number of carbonyl (C=O) groups excluding carboxylic acids is 1. The molecular weight excluding hydrogens is 304 g/mol. The van der Waals surface area contributed by atoms with E-state index in [0.29, 0.717) is 6.42 Å². The minimum Gasteiger partial charge on any atom is -0.497 e. The van der Waals surface area contributed by atoms with E-state index >= 15 is 0 Å². The predicted octanol–water partition coefficient (Wildman–Crippen LogP) is 1.28. The number of rotatable bonds is 6. The fourth-order valence-corrected chi connectivity index (χ4v) is 2.97. The Kier molecular flexibility index (Phi) is 5.48. The van der Waals surface area contributed by atoms with Crippen LogP contribution < -0.4 is 4.74 Å². The molecule has 6 heteroatoms. The van der Waals surface area contributed by atoms with Gasteiger partial charge < -0.3 is 9.64 Å². The fourth-order valence-electron chi connectivity index (χ4n) is 2.97. The van der Waals surface area contributed by atoms with Gasteiger partial charge in [0.25, 0.3) is 0 Å². The second-order valence-corrected chi connectivity index (χ2v) is 6.02. The van der Waals surface area contributed by atoms with Crippen LogP contribution in [-0.2, 0) is 17.8 Å². The maximum Gasteiger partial charge on any atom is 0.227 e. The summed E-state index contributed by atoms with van der Waals surface area (Å²) in [4.78, 5) is 16.8. The Morgan fingerprint density at radius 2 is 2.00 bits per heavy atom. The molecule has 1 saturated heterocycles. The van der Waals surface area contributed by atoms with Gasteiger partial charge >= 0.3 is 0 Å². The van der Waals surface area contributed by atoms with Crippen LogP contribution in [0, 0.1) is 0 Å². The Hall–Kier alpha value is -2.34. The van der Waals surface area contributed by atoms with Crippen LogP contribution in [0.15, 0.2) is 42.7 Å². The number of hydrogen-bond acceptors (Lipinski definition) is 4. The van der Waals surface area contributed by atoms with Crippen LogP contribution in [0.25, 0.3) is 0 Å². The number of hydrogen-bond donors (Lipinski definition) is 0. The maximum atomic E-state index is 12.5. The summed E-state index contributed by atoms with van der Waals surface area (Å²) in [5.41, 5.74) is 1.00.